The number of halogens is 1. The predicted molar refractivity (Wildman–Crippen MR) is 59.5 cm³/mol. The minimum Gasteiger partial charge on any atom is -0.484 e. The molecule has 0 spiro atoms. The van der Waals surface area contributed by atoms with Crippen LogP contribution in [0.25, 0.3) is 0 Å². The topological polar surface area (TPSA) is 48.2 Å². The summed E-state index contributed by atoms with van der Waals surface area (Å²) in [5.74, 6) is 1.89. The van der Waals surface area contributed by atoms with Crippen LogP contribution in [-0.4, -0.2) is 10.1 Å². The van der Waals surface area contributed by atoms with Crippen molar-refractivity contribution in [1.82, 2.24) is 10.1 Å². The van der Waals surface area contributed by atoms with E-state index >= 15 is 0 Å². The summed E-state index contributed by atoms with van der Waals surface area (Å²) in [5.41, 5.74) is 0. The lowest BCUT2D eigenvalue weighted by Crippen LogP contribution is -1.95. The Balaban J connectivity index is 1.94. The molecule has 4 nitrogen and oxygen atoms in total. The number of aromatic nitrogens is 2. The molecule has 0 fully saturated rings. The number of ether oxygens (including phenoxy) is 1. The Hall–Kier alpha value is -1.55. The highest BCUT2D eigenvalue weighted by atomic mass is 35.5. The summed E-state index contributed by atoms with van der Waals surface area (Å²) in [5, 5.41) is 4.45. The molecule has 0 aliphatic carbocycles. The summed E-state index contributed by atoms with van der Waals surface area (Å²) in [6.45, 7) is 2.24. The predicted octanol–water partition coefficient (Wildman–Crippen LogP) is 2.86. The van der Waals surface area contributed by atoms with Crippen molar-refractivity contribution in [2.45, 2.75) is 20.0 Å². The average Bonchev–Trinajstić information content (AvgIpc) is 2.76. The van der Waals surface area contributed by atoms with Gasteiger partial charge in [-0.15, -0.1) is 0 Å². The second-order valence-corrected chi connectivity index (χ2v) is 3.64. The minimum absolute atomic E-state index is 0.272. The number of hydrogen-bond donors (Lipinski definition) is 0. The minimum atomic E-state index is 0.272. The molecule has 84 valence electrons. The molecule has 0 aliphatic heterocycles. The van der Waals surface area contributed by atoms with Gasteiger partial charge in [-0.2, -0.15) is 4.98 Å². The molecule has 1 heterocycles. The van der Waals surface area contributed by atoms with E-state index in [0.717, 1.165) is 12.2 Å². The summed E-state index contributed by atoms with van der Waals surface area (Å²) in [4.78, 5) is 4.13. The second kappa shape index (κ2) is 4.99. The van der Waals surface area contributed by atoms with E-state index < -0.39 is 0 Å². The first kappa shape index (κ1) is 11.0. The maximum atomic E-state index is 5.75. The standard InChI is InChI=1S/C11H11ClN2O2/c1-2-10-13-11(16-14-10)7-15-9-5-3-8(12)4-6-9/h3-6H,2,7H2,1H3. The summed E-state index contributed by atoms with van der Waals surface area (Å²) >= 11 is 5.75. The lowest BCUT2D eigenvalue weighted by atomic mass is 10.3. The highest BCUT2D eigenvalue weighted by molar-refractivity contribution is 6.30. The molecule has 0 saturated carbocycles. The van der Waals surface area contributed by atoms with Crippen molar-refractivity contribution in [3.8, 4) is 5.75 Å². The van der Waals surface area contributed by atoms with E-state index in [1.165, 1.54) is 0 Å². The average molecular weight is 239 g/mol. The number of benzene rings is 1. The molecule has 1 aromatic carbocycles. The van der Waals surface area contributed by atoms with Crippen LogP contribution in [0.1, 0.15) is 18.6 Å². The van der Waals surface area contributed by atoms with Gasteiger partial charge >= 0.3 is 0 Å². The molecule has 0 atom stereocenters. The van der Waals surface area contributed by atoms with Gasteiger partial charge in [0, 0.05) is 11.4 Å². The molecule has 0 radical (unpaired) electrons. The summed E-state index contributed by atoms with van der Waals surface area (Å²) in [6, 6.07) is 7.11. The molecule has 1 aromatic heterocycles. The van der Waals surface area contributed by atoms with E-state index in [4.69, 9.17) is 20.9 Å². The van der Waals surface area contributed by atoms with Gasteiger partial charge < -0.3 is 9.26 Å². The Labute approximate surface area is 98.2 Å². The highest BCUT2D eigenvalue weighted by Gasteiger charge is 2.04. The molecular formula is C11H11ClN2O2. The van der Waals surface area contributed by atoms with Gasteiger partial charge in [0.1, 0.15) is 5.75 Å². The van der Waals surface area contributed by atoms with Crippen molar-refractivity contribution in [2.24, 2.45) is 0 Å². The fraction of sp³-hybridized carbons (Fsp3) is 0.273. The zero-order chi connectivity index (χ0) is 11.4. The molecule has 5 heteroatoms. The van der Waals surface area contributed by atoms with Crippen LogP contribution in [0.3, 0.4) is 0 Å². The normalized spacial score (nSPS) is 10.4. The zero-order valence-electron chi connectivity index (χ0n) is 8.81. The van der Waals surface area contributed by atoms with Gasteiger partial charge in [-0.3, -0.25) is 0 Å². The fourth-order valence-corrected chi connectivity index (χ4v) is 1.29. The van der Waals surface area contributed by atoms with Crippen LogP contribution >= 0.6 is 11.6 Å². The van der Waals surface area contributed by atoms with Crippen LogP contribution in [-0.2, 0) is 13.0 Å². The molecule has 0 bridgehead atoms. The monoisotopic (exact) mass is 238 g/mol. The smallest absolute Gasteiger partial charge is 0.264 e. The van der Waals surface area contributed by atoms with Gasteiger partial charge in [-0.1, -0.05) is 23.7 Å². The molecule has 0 aliphatic rings. The van der Waals surface area contributed by atoms with Crippen LogP contribution in [0.2, 0.25) is 5.02 Å². The summed E-state index contributed by atoms with van der Waals surface area (Å²) < 4.78 is 10.4. The molecule has 0 N–H and O–H groups in total. The van der Waals surface area contributed by atoms with Gasteiger partial charge in [-0.05, 0) is 24.3 Å². The lowest BCUT2D eigenvalue weighted by molar-refractivity contribution is 0.242. The molecule has 0 amide bonds. The summed E-state index contributed by atoms with van der Waals surface area (Å²) in [7, 11) is 0. The van der Waals surface area contributed by atoms with E-state index in [1.807, 2.05) is 6.92 Å². The van der Waals surface area contributed by atoms with Crippen molar-refractivity contribution in [2.75, 3.05) is 0 Å². The van der Waals surface area contributed by atoms with Gasteiger partial charge in [0.2, 0.25) is 0 Å². The number of nitrogens with zero attached hydrogens (tertiary/aromatic N) is 2. The molecule has 0 unspecified atom stereocenters. The maximum Gasteiger partial charge on any atom is 0.264 e. The first-order valence-corrected chi connectivity index (χ1v) is 5.35. The SMILES string of the molecule is CCc1noc(COc2ccc(Cl)cc2)n1. The van der Waals surface area contributed by atoms with Gasteiger partial charge in [0.25, 0.3) is 5.89 Å². The zero-order valence-corrected chi connectivity index (χ0v) is 9.57. The quantitative estimate of drug-likeness (QED) is 0.822. The summed E-state index contributed by atoms with van der Waals surface area (Å²) in [6.07, 6.45) is 0.754. The number of rotatable bonds is 4. The Morgan fingerprint density at radius 2 is 2.06 bits per heavy atom. The van der Waals surface area contributed by atoms with E-state index in [9.17, 15) is 0 Å². The van der Waals surface area contributed by atoms with Gasteiger partial charge in [0.05, 0.1) is 0 Å². The van der Waals surface area contributed by atoms with Gasteiger partial charge in [-0.25, -0.2) is 0 Å². The fourth-order valence-electron chi connectivity index (χ4n) is 1.17. The van der Waals surface area contributed by atoms with Crippen LogP contribution < -0.4 is 4.74 Å². The van der Waals surface area contributed by atoms with Crippen molar-refractivity contribution in [3.05, 3.63) is 41.0 Å². The van der Waals surface area contributed by atoms with Crippen molar-refractivity contribution < 1.29 is 9.26 Å². The lowest BCUT2D eigenvalue weighted by Gasteiger charge is -2.01. The van der Waals surface area contributed by atoms with Gasteiger partial charge in [0.15, 0.2) is 12.4 Å². The van der Waals surface area contributed by atoms with E-state index in [-0.39, 0.29) is 6.61 Å². The third-order valence-corrected chi connectivity index (χ3v) is 2.25. The van der Waals surface area contributed by atoms with Crippen molar-refractivity contribution >= 4 is 11.6 Å². The van der Waals surface area contributed by atoms with Crippen LogP contribution in [0, 0.1) is 0 Å². The molecule has 2 rings (SSSR count). The molecular weight excluding hydrogens is 228 g/mol. The van der Waals surface area contributed by atoms with E-state index in [0.29, 0.717) is 16.7 Å². The second-order valence-electron chi connectivity index (χ2n) is 3.20. The van der Waals surface area contributed by atoms with E-state index in [2.05, 4.69) is 10.1 Å². The molecule has 0 saturated heterocycles. The third kappa shape index (κ3) is 2.73. The Morgan fingerprint density at radius 3 is 2.69 bits per heavy atom. The Bertz CT molecular complexity index is 453. The van der Waals surface area contributed by atoms with E-state index in [1.54, 1.807) is 24.3 Å². The van der Waals surface area contributed by atoms with Crippen molar-refractivity contribution in [1.29, 1.82) is 0 Å². The molecule has 16 heavy (non-hydrogen) atoms. The first-order valence-electron chi connectivity index (χ1n) is 4.97. The van der Waals surface area contributed by atoms with Crippen molar-refractivity contribution in [3.63, 3.8) is 0 Å². The highest BCUT2D eigenvalue weighted by Crippen LogP contribution is 2.16. The third-order valence-electron chi connectivity index (χ3n) is 2.00. The Kier molecular flexibility index (Phi) is 3.41. The number of hydrogen-bond acceptors (Lipinski definition) is 4. The first-order chi connectivity index (χ1) is 7.78. The van der Waals surface area contributed by atoms with Crippen LogP contribution in [0.4, 0.5) is 0 Å². The van der Waals surface area contributed by atoms with Crippen LogP contribution in [0.15, 0.2) is 28.8 Å². The Morgan fingerprint density at radius 1 is 1.31 bits per heavy atom. The number of aryl methyl sites for hydroxylation is 1. The van der Waals surface area contributed by atoms with Crippen LogP contribution in [0.5, 0.6) is 5.75 Å². The maximum absolute atomic E-state index is 5.75. The molecule has 2 aromatic rings. The largest absolute Gasteiger partial charge is 0.484 e.